The van der Waals surface area contributed by atoms with Crippen LogP contribution in [0.4, 0.5) is 5.69 Å². The summed E-state index contributed by atoms with van der Waals surface area (Å²) in [5.41, 5.74) is 1.56. The van der Waals surface area contributed by atoms with Gasteiger partial charge in [-0.2, -0.15) is 0 Å². The number of benzene rings is 2. The van der Waals surface area contributed by atoms with E-state index in [9.17, 15) is 18.0 Å². The summed E-state index contributed by atoms with van der Waals surface area (Å²) in [6, 6.07) is 8.92. The van der Waals surface area contributed by atoms with Gasteiger partial charge in [-0.25, -0.2) is 18.0 Å². The zero-order valence-electron chi connectivity index (χ0n) is 16.2. The molecule has 0 aromatic heterocycles. The first-order valence-corrected chi connectivity index (χ1v) is 10.3. The van der Waals surface area contributed by atoms with Crippen molar-refractivity contribution in [1.82, 2.24) is 0 Å². The van der Waals surface area contributed by atoms with Crippen LogP contribution in [0, 0.1) is 13.8 Å². The van der Waals surface area contributed by atoms with Gasteiger partial charge in [-0.3, -0.25) is 4.72 Å². The number of anilines is 1. The Kier molecular flexibility index (Phi) is 6.80. The normalized spacial score (nSPS) is 11.0. The summed E-state index contributed by atoms with van der Waals surface area (Å²) in [4.78, 5) is 24.3. The van der Waals surface area contributed by atoms with E-state index in [1.807, 2.05) is 6.92 Å². The van der Waals surface area contributed by atoms with E-state index in [0.29, 0.717) is 5.56 Å². The molecule has 7 nitrogen and oxygen atoms in total. The average Bonchev–Trinajstić information content (AvgIpc) is 2.61. The van der Waals surface area contributed by atoms with Crippen LogP contribution in [-0.2, 0) is 19.5 Å². The van der Waals surface area contributed by atoms with E-state index in [4.69, 9.17) is 9.47 Å². The van der Waals surface area contributed by atoms with Crippen LogP contribution < -0.4 is 4.72 Å². The SMILES string of the molecule is CCOC(=O)c1ccc(C(=O)OCC)c(NS(=O)(=O)c2ccc(C)cc2C)c1. The fourth-order valence-electron chi connectivity index (χ4n) is 2.66. The molecule has 0 saturated heterocycles. The summed E-state index contributed by atoms with van der Waals surface area (Å²) in [5, 5.41) is 0. The zero-order valence-corrected chi connectivity index (χ0v) is 17.1. The number of hydrogen-bond donors (Lipinski definition) is 1. The summed E-state index contributed by atoms with van der Waals surface area (Å²) >= 11 is 0. The number of esters is 2. The second-order valence-electron chi connectivity index (χ2n) is 6.08. The van der Waals surface area contributed by atoms with E-state index in [0.717, 1.165) is 5.56 Å². The number of aryl methyl sites for hydroxylation is 2. The Bertz CT molecular complexity index is 998. The Morgan fingerprint density at radius 3 is 2.18 bits per heavy atom. The van der Waals surface area contributed by atoms with Crippen LogP contribution in [0.1, 0.15) is 45.7 Å². The molecule has 0 unspecified atom stereocenters. The third-order valence-electron chi connectivity index (χ3n) is 3.89. The van der Waals surface area contributed by atoms with Crippen LogP contribution in [0.25, 0.3) is 0 Å². The summed E-state index contributed by atoms with van der Waals surface area (Å²) < 4.78 is 38.1. The van der Waals surface area contributed by atoms with Crippen molar-refractivity contribution in [2.24, 2.45) is 0 Å². The van der Waals surface area contributed by atoms with Crippen molar-refractivity contribution < 1.29 is 27.5 Å². The fourth-order valence-corrected chi connectivity index (χ4v) is 3.96. The summed E-state index contributed by atoms with van der Waals surface area (Å²) in [6.07, 6.45) is 0. The lowest BCUT2D eigenvalue weighted by Gasteiger charge is -2.15. The minimum absolute atomic E-state index is 0.00300. The predicted octanol–water partition coefficient (Wildman–Crippen LogP) is 3.46. The molecule has 2 aromatic carbocycles. The van der Waals surface area contributed by atoms with Crippen molar-refractivity contribution in [3.63, 3.8) is 0 Å². The standard InChI is InChI=1S/C20H23NO6S/c1-5-26-19(22)15-8-9-16(20(23)27-6-2)17(12-15)21-28(24,25)18-10-7-13(3)11-14(18)4/h7-12,21H,5-6H2,1-4H3. The van der Waals surface area contributed by atoms with Gasteiger partial charge in [-0.1, -0.05) is 17.7 Å². The molecule has 0 atom stereocenters. The van der Waals surface area contributed by atoms with Gasteiger partial charge in [0.1, 0.15) is 0 Å². The molecule has 0 aliphatic heterocycles. The van der Waals surface area contributed by atoms with Crippen molar-refractivity contribution in [3.05, 3.63) is 58.7 Å². The Labute approximate surface area is 164 Å². The average molecular weight is 405 g/mol. The van der Waals surface area contributed by atoms with Gasteiger partial charge in [-0.05, 0) is 57.5 Å². The number of ether oxygens (including phenoxy) is 2. The van der Waals surface area contributed by atoms with Crippen molar-refractivity contribution in [2.45, 2.75) is 32.6 Å². The first kappa shape index (κ1) is 21.4. The smallest absolute Gasteiger partial charge is 0.340 e. The summed E-state index contributed by atoms with van der Waals surface area (Å²) in [6.45, 7) is 7.14. The van der Waals surface area contributed by atoms with Gasteiger partial charge in [0.2, 0.25) is 0 Å². The molecular formula is C20H23NO6S. The monoisotopic (exact) mass is 405 g/mol. The van der Waals surface area contributed by atoms with E-state index in [1.165, 1.54) is 24.3 Å². The third kappa shape index (κ3) is 4.89. The second-order valence-corrected chi connectivity index (χ2v) is 7.73. The number of hydrogen-bond acceptors (Lipinski definition) is 6. The Morgan fingerprint density at radius 1 is 0.929 bits per heavy atom. The molecule has 28 heavy (non-hydrogen) atoms. The van der Waals surface area contributed by atoms with E-state index >= 15 is 0 Å². The molecule has 2 rings (SSSR count). The molecule has 0 bridgehead atoms. The van der Waals surface area contributed by atoms with Gasteiger partial charge >= 0.3 is 11.9 Å². The van der Waals surface area contributed by atoms with E-state index in [2.05, 4.69) is 4.72 Å². The molecule has 1 N–H and O–H groups in total. The maximum Gasteiger partial charge on any atom is 0.340 e. The molecule has 2 aromatic rings. The largest absolute Gasteiger partial charge is 0.462 e. The first-order valence-electron chi connectivity index (χ1n) is 8.78. The van der Waals surface area contributed by atoms with Crippen molar-refractivity contribution in [2.75, 3.05) is 17.9 Å². The molecule has 0 amide bonds. The van der Waals surface area contributed by atoms with Crippen molar-refractivity contribution >= 4 is 27.6 Å². The molecule has 8 heteroatoms. The van der Waals surface area contributed by atoms with Gasteiger partial charge in [0.15, 0.2) is 0 Å². The summed E-state index contributed by atoms with van der Waals surface area (Å²) in [5.74, 6) is -1.32. The van der Waals surface area contributed by atoms with Crippen LogP contribution in [0.3, 0.4) is 0 Å². The molecule has 0 fully saturated rings. The van der Waals surface area contributed by atoms with Crippen LogP contribution in [0.15, 0.2) is 41.3 Å². The van der Waals surface area contributed by atoms with Crippen molar-refractivity contribution in [3.8, 4) is 0 Å². The molecule has 0 aliphatic carbocycles. The maximum absolute atomic E-state index is 12.9. The van der Waals surface area contributed by atoms with Gasteiger partial charge in [-0.15, -0.1) is 0 Å². The number of nitrogens with one attached hydrogen (secondary N) is 1. The van der Waals surface area contributed by atoms with Crippen molar-refractivity contribution in [1.29, 1.82) is 0 Å². The van der Waals surface area contributed by atoms with Gasteiger partial charge in [0.25, 0.3) is 10.0 Å². The highest BCUT2D eigenvalue weighted by atomic mass is 32.2. The van der Waals surface area contributed by atoms with Crippen LogP contribution in [-0.4, -0.2) is 33.6 Å². The van der Waals surface area contributed by atoms with Gasteiger partial charge in [0.05, 0.1) is 34.9 Å². The number of carbonyl (C=O) groups is 2. The summed E-state index contributed by atoms with van der Waals surface area (Å²) in [7, 11) is -4.00. The Hall–Kier alpha value is -2.87. The fraction of sp³-hybridized carbons (Fsp3) is 0.300. The van der Waals surface area contributed by atoms with Gasteiger partial charge < -0.3 is 9.47 Å². The molecule has 0 saturated carbocycles. The van der Waals surface area contributed by atoms with E-state index in [-0.39, 0.29) is 34.9 Å². The highest BCUT2D eigenvalue weighted by Crippen LogP contribution is 2.25. The predicted molar refractivity (Wildman–Crippen MR) is 105 cm³/mol. The topological polar surface area (TPSA) is 98.8 Å². The van der Waals surface area contributed by atoms with E-state index < -0.39 is 22.0 Å². The number of sulfonamides is 1. The first-order chi connectivity index (χ1) is 13.2. The molecular weight excluding hydrogens is 382 g/mol. The quantitative estimate of drug-likeness (QED) is 0.709. The highest BCUT2D eigenvalue weighted by molar-refractivity contribution is 7.92. The molecule has 0 aliphatic rings. The molecule has 0 heterocycles. The van der Waals surface area contributed by atoms with Crippen LogP contribution in [0.2, 0.25) is 0 Å². The number of carbonyl (C=O) groups excluding carboxylic acids is 2. The molecule has 0 spiro atoms. The molecule has 0 radical (unpaired) electrons. The lowest BCUT2D eigenvalue weighted by atomic mass is 10.1. The minimum atomic E-state index is -4.00. The number of rotatable bonds is 7. The second kappa shape index (κ2) is 8.88. The lowest BCUT2D eigenvalue weighted by Crippen LogP contribution is -2.18. The highest BCUT2D eigenvalue weighted by Gasteiger charge is 2.22. The Morgan fingerprint density at radius 2 is 1.57 bits per heavy atom. The van der Waals surface area contributed by atoms with Gasteiger partial charge in [0, 0.05) is 0 Å². The molecule has 150 valence electrons. The van der Waals surface area contributed by atoms with Crippen LogP contribution >= 0.6 is 0 Å². The van der Waals surface area contributed by atoms with E-state index in [1.54, 1.807) is 32.9 Å². The minimum Gasteiger partial charge on any atom is -0.462 e. The van der Waals surface area contributed by atoms with Crippen LogP contribution in [0.5, 0.6) is 0 Å². The lowest BCUT2D eigenvalue weighted by molar-refractivity contribution is 0.0512. The Balaban J connectivity index is 2.52. The third-order valence-corrected chi connectivity index (χ3v) is 5.42. The zero-order chi connectivity index (χ0) is 20.9. The maximum atomic E-state index is 12.9.